The van der Waals surface area contributed by atoms with E-state index in [4.69, 9.17) is 11.6 Å². The van der Waals surface area contributed by atoms with Crippen LogP contribution in [-0.4, -0.2) is 14.4 Å². The third kappa shape index (κ3) is 2.42. The number of anilines is 2. The van der Waals surface area contributed by atoms with Crippen molar-refractivity contribution in [2.24, 2.45) is 0 Å². The molecule has 4 aromatic rings. The maximum absolute atomic E-state index is 5.98. The second kappa shape index (κ2) is 5.14. The molecule has 21 heavy (non-hydrogen) atoms. The standard InChI is InChI=1S/C14H9ClN4S2/c15-9-2-1-3-10(6-9)17-13-18-11(8-21-13)12-7-16-14-19(12)4-5-20-14/h1-8H,(H,17,18). The van der Waals surface area contributed by atoms with Crippen LogP contribution in [0.5, 0.6) is 0 Å². The van der Waals surface area contributed by atoms with Gasteiger partial charge in [0.05, 0.1) is 11.9 Å². The Kier molecular flexibility index (Phi) is 3.14. The molecular weight excluding hydrogens is 324 g/mol. The highest BCUT2D eigenvalue weighted by atomic mass is 35.5. The minimum atomic E-state index is 0.701. The molecule has 4 nitrogen and oxygen atoms in total. The van der Waals surface area contributed by atoms with Crippen LogP contribution >= 0.6 is 34.3 Å². The summed E-state index contributed by atoms with van der Waals surface area (Å²) in [6.07, 6.45) is 3.86. The van der Waals surface area contributed by atoms with Crippen LogP contribution in [0.4, 0.5) is 10.8 Å². The van der Waals surface area contributed by atoms with Gasteiger partial charge in [0.1, 0.15) is 5.69 Å². The van der Waals surface area contributed by atoms with Gasteiger partial charge in [0.15, 0.2) is 10.1 Å². The normalized spacial score (nSPS) is 11.1. The highest BCUT2D eigenvalue weighted by Gasteiger charge is 2.10. The van der Waals surface area contributed by atoms with Gasteiger partial charge in [-0.1, -0.05) is 17.7 Å². The molecule has 0 atom stereocenters. The lowest BCUT2D eigenvalue weighted by molar-refractivity contribution is 1.21. The first-order chi connectivity index (χ1) is 10.3. The van der Waals surface area contributed by atoms with Crippen LogP contribution in [0.2, 0.25) is 5.02 Å². The third-order valence-electron chi connectivity index (χ3n) is 2.99. The SMILES string of the molecule is Clc1cccc(Nc2nc(-c3cnc4sccn34)cs2)c1. The van der Waals surface area contributed by atoms with E-state index in [1.807, 2.05) is 51.8 Å². The fourth-order valence-corrected chi connectivity index (χ4v) is 3.66. The molecule has 0 bridgehead atoms. The number of hydrogen-bond donors (Lipinski definition) is 1. The zero-order valence-electron chi connectivity index (χ0n) is 10.7. The van der Waals surface area contributed by atoms with Gasteiger partial charge in [-0.15, -0.1) is 22.7 Å². The molecule has 3 aromatic heterocycles. The van der Waals surface area contributed by atoms with E-state index in [9.17, 15) is 0 Å². The van der Waals surface area contributed by atoms with Crippen molar-refractivity contribution in [1.29, 1.82) is 0 Å². The van der Waals surface area contributed by atoms with Gasteiger partial charge in [0.2, 0.25) is 0 Å². The lowest BCUT2D eigenvalue weighted by Crippen LogP contribution is -1.90. The molecule has 0 saturated heterocycles. The molecule has 7 heteroatoms. The lowest BCUT2D eigenvalue weighted by Gasteiger charge is -2.02. The van der Waals surface area contributed by atoms with E-state index >= 15 is 0 Å². The van der Waals surface area contributed by atoms with Crippen LogP contribution in [0.3, 0.4) is 0 Å². The number of nitrogens with one attached hydrogen (secondary N) is 1. The molecule has 0 amide bonds. The molecule has 0 aliphatic heterocycles. The number of imidazole rings is 1. The summed E-state index contributed by atoms with van der Waals surface area (Å²) in [5, 5.41) is 8.84. The molecule has 1 aromatic carbocycles. The van der Waals surface area contributed by atoms with Gasteiger partial charge < -0.3 is 5.32 Å². The minimum Gasteiger partial charge on any atom is -0.331 e. The predicted molar refractivity (Wildman–Crippen MR) is 88.9 cm³/mol. The Morgan fingerprint density at radius 3 is 3.10 bits per heavy atom. The maximum atomic E-state index is 5.98. The maximum Gasteiger partial charge on any atom is 0.194 e. The highest BCUT2D eigenvalue weighted by molar-refractivity contribution is 7.15. The number of aromatic nitrogens is 3. The number of rotatable bonds is 3. The lowest BCUT2D eigenvalue weighted by atomic mass is 10.3. The van der Waals surface area contributed by atoms with Crippen LogP contribution in [-0.2, 0) is 0 Å². The van der Waals surface area contributed by atoms with E-state index in [0.717, 1.165) is 27.2 Å². The van der Waals surface area contributed by atoms with Crippen molar-refractivity contribution in [2.45, 2.75) is 0 Å². The van der Waals surface area contributed by atoms with Crippen molar-refractivity contribution in [3.05, 3.63) is 52.4 Å². The molecule has 104 valence electrons. The number of benzene rings is 1. The molecule has 0 radical (unpaired) electrons. The molecule has 0 aliphatic carbocycles. The van der Waals surface area contributed by atoms with Crippen molar-refractivity contribution in [1.82, 2.24) is 14.4 Å². The Bertz CT molecular complexity index is 908. The van der Waals surface area contributed by atoms with Gasteiger partial charge in [0.25, 0.3) is 0 Å². The minimum absolute atomic E-state index is 0.701. The van der Waals surface area contributed by atoms with Crippen molar-refractivity contribution >= 4 is 50.1 Å². The van der Waals surface area contributed by atoms with E-state index in [1.54, 1.807) is 22.7 Å². The van der Waals surface area contributed by atoms with Crippen molar-refractivity contribution < 1.29 is 0 Å². The van der Waals surface area contributed by atoms with Gasteiger partial charge in [-0.2, -0.15) is 0 Å². The molecule has 0 aliphatic rings. The molecule has 0 unspecified atom stereocenters. The highest BCUT2D eigenvalue weighted by Crippen LogP contribution is 2.29. The summed E-state index contributed by atoms with van der Waals surface area (Å²) in [7, 11) is 0. The Hall–Kier alpha value is -1.89. The Morgan fingerprint density at radius 1 is 1.24 bits per heavy atom. The van der Waals surface area contributed by atoms with E-state index in [2.05, 4.69) is 15.3 Å². The second-order valence-electron chi connectivity index (χ2n) is 4.37. The second-order valence-corrected chi connectivity index (χ2v) is 6.54. The zero-order chi connectivity index (χ0) is 14.2. The first-order valence-corrected chi connectivity index (χ1v) is 8.32. The summed E-state index contributed by atoms with van der Waals surface area (Å²) in [5.41, 5.74) is 2.84. The molecule has 4 rings (SSSR count). The number of halogens is 1. The van der Waals surface area contributed by atoms with Gasteiger partial charge in [0, 0.05) is 27.7 Å². The first-order valence-electron chi connectivity index (χ1n) is 6.19. The van der Waals surface area contributed by atoms with Crippen molar-refractivity contribution in [3.63, 3.8) is 0 Å². The average molecular weight is 333 g/mol. The summed E-state index contributed by atoms with van der Waals surface area (Å²) < 4.78 is 2.04. The summed E-state index contributed by atoms with van der Waals surface area (Å²) >= 11 is 9.15. The Balaban J connectivity index is 1.65. The topological polar surface area (TPSA) is 42.2 Å². The van der Waals surface area contributed by atoms with Crippen molar-refractivity contribution in [2.75, 3.05) is 5.32 Å². The van der Waals surface area contributed by atoms with E-state index in [-0.39, 0.29) is 0 Å². The van der Waals surface area contributed by atoms with Gasteiger partial charge in [-0.05, 0) is 18.2 Å². The summed E-state index contributed by atoms with van der Waals surface area (Å²) in [4.78, 5) is 9.96. The summed E-state index contributed by atoms with van der Waals surface area (Å²) in [6, 6.07) is 7.59. The zero-order valence-corrected chi connectivity index (χ0v) is 13.0. The number of nitrogens with zero attached hydrogens (tertiary/aromatic N) is 3. The van der Waals surface area contributed by atoms with Gasteiger partial charge in [-0.3, -0.25) is 4.40 Å². The summed E-state index contributed by atoms with van der Waals surface area (Å²) in [5.74, 6) is 0. The number of fused-ring (bicyclic) bond motifs is 1. The largest absolute Gasteiger partial charge is 0.331 e. The number of hydrogen-bond acceptors (Lipinski definition) is 5. The molecule has 0 spiro atoms. The molecule has 0 saturated carbocycles. The summed E-state index contributed by atoms with van der Waals surface area (Å²) in [6.45, 7) is 0. The Labute approximate surface area is 133 Å². The third-order valence-corrected chi connectivity index (χ3v) is 4.75. The fourth-order valence-electron chi connectivity index (χ4n) is 2.06. The Morgan fingerprint density at radius 2 is 2.19 bits per heavy atom. The van der Waals surface area contributed by atoms with Crippen LogP contribution in [0.1, 0.15) is 0 Å². The number of thiazole rings is 2. The van der Waals surface area contributed by atoms with E-state index < -0.39 is 0 Å². The molecule has 0 fully saturated rings. The van der Waals surface area contributed by atoms with Gasteiger partial charge in [-0.25, -0.2) is 9.97 Å². The van der Waals surface area contributed by atoms with Crippen molar-refractivity contribution in [3.8, 4) is 11.4 Å². The molecule has 1 N–H and O–H groups in total. The smallest absolute Gasteiger partial charge is 0.194 e. The van der Waals surface area contributed by atoms with Crippen LogP contribution in [0.25, 0.3) is 16.3 Å². The quantitative estimate of drug-likeness (QED) is 0.579. The fraction of sp³-hybridized carbons (Fsp3) is 0. The van der Waals surface area contributed by atoms with Gasteiger partial charge >= 0.3 is 0 Å². The van der Waals surface area contributed by atoms with E-state index in [0.29, 0.717) is 5.02 Å². The average Bonchev–Trinajstić information content (AvgIpc) is 3.14. The van der Waals surface area contributed by atoms with Crippen LogP contribution in [0, 0.1) is 0 Å². The molecular formula is C14H9ClN4S2. The van der Waals surface area contributed by atoms with Crippen LogP contribution in [0.15, 0.2) is 47.4 Å². The molecule has 3 heterocycles. The predicted octanol–water partition coefficient (Wildman–Crippen LogP) is 4.92. The van der Waals surface area contributed by atoms with E-state index in [1.165, 1.54) is 0 Å². The van der Waals surface area contributed by atoms with Crippen LogP contribution < -0.4 is 5.32 Å². The first kappa shape index (κ1) is 12.8. The monoisotopic (exact) mass is 332 g/mol.